The number of carbonyl (C=O) groups excluding carboxylic acids is 1. The molecule has 0 saturated carbocycles. The average molecular weight is 358 g/mol. The monoisotopic (exact) mass is 357 g/mol. The number of hydrogen-bond donors (Lipinski definition) is 1. The number of nitrogens with one attached hydrogen (secondary N) is 1. The van der Waals surface area contributed by atoms with E-state index in [1.165, 1.54) is 11.3 Å². The first-order valence-corrected chi connectivity index (χ1v) is 7.92. The maximum atomic E-state index is 11.9. The highest BCUT2D eigenvalue weighted by molar-refractivity contribution is 9.11. The second kappa shape index (κ2) is 7.61. The van der Waals surface area contributed by atoms with Crippen LogP contribution in [-0.4, -0.2) is 19.1 Å². The number of thiophene rings is 1. The van der Waals surface area contributed by atoms with Gasteiger partial charge in [0.15, 0.2) is 0 Å². The lowest BCUT2D eigenvalue weighted by Gasteiger charge is -2.04. The smallest absolute Gasteiger partial charge is 0.261 e. The molecular weight excluding hydrogens is 342 g/mol. The summed E-state index contributed by atoms with van der Waals surface area (Å²) >= 11 is 4.87. The van der Waals surface area contributed by atoms with Crippen molar-refractivity contribution in [3.8, 4) is 0 Å². The molecule has 2 aromatic rings. The SMILES string of the molecule is Cc1cc(C(=O)NCCCOCc2ccco2)sc1Br. The fourth-order valence-electron chi connectivity index (χ4n) is 1.60. The van der Waals surface area contributed by atoms with E-state index in [2.05, 4.69) is 21.2 Å². The van der Waals surface area contributed by atoms with Crippen LogP contribution >= 0.6 is 27.3 Å². The molecule has 0 bridgehead atoms. The molecule has 0 spiro atoms. The number of hydrogen-bond acceptors (Lipinski definition) is 4. The summed E-state index contributed by atoms with van der Waals surface area (Å²) in [6.45, 7) is 3.64. The lowest BCUT2D eigenvalue weighted by atomic mass is 10.3. The molecule has 0 aliphatic rings. The van der Waals surface area contributed by atoms with Gasteiger partial charge in [0.25, 0.3) is 5.91 Å². The number of halogens is 1. The third kappa shape index (κ3) is 4.47. The van der Waals surface area contributed by atoms with E-state index in [0.29, 0.717) is 19.8 Å². The third-order valence-electron chi connectivity index (χ3n) is 2.66. The zero-order chi connectivity index (χ0) is 14.4. The molecule has 0 fully saturated rings. The van der Waals surface area contributed by atoms with Crippen LogP contribution in [0.5, 0.6) is 0 Å². The van der Waals surface area contributed by atoms with Crippen LogP contribution in [0.2, 0.25) is 0 Å². The van der Waals surface area contributed by atoms with Crippen LogP contribution in [0.4, 0.5) is 0 Å². The third-order valence-corrected chi connectivity index (χ3v) is 4.79. The molecule has 2 rings (SSSR count). The van der Waals surface area contributed by atoms with Crippen LogP contribution in [0, 0.1) is 6.92 Å². The fourth-order valence-corrected chi connectivity index (χ4v) is 3.05. The predicted octanol–water partition coefficient (Wildman–Crippen LogP) is 3.75. The molecule has 0 unspecified atom stereocenters. The Morgan fingerprint density at radius 1 is 1.55 bits per heavy atom. The minimum absolute atomic E-state index is 0.0326. The quantitative estimate of drug-likeness (QED) is 0.767. The minimum atomic E-state index is -0.0326. The first-order valence-electron chi connectivity index (χ1n) is 6.31. The molecule has 108 valence electrons. The normalized spacial score (nSPS) is 10.7. The molecule has 4 nitrogen and oxygen atoms in total. The van der Waals surface area contributed by atoms with Crippen molar-refractivity contribution in [3.05, 3.63) is 44.4 Å². The zero-order valence-corrected chi connectivity index (χ0v) is 13.6. The summed E-state index contributed by atoms with van der Waals surface area (Å²) in [5, 5.41) is 2.88. The molecule has 0 aliphatic carbocycles. The van der Waals surface area contributed by atoms with E-state index < -0.39 is 0 Å². The summed E-state index contributed by atoms with van der Waals surface area (Å²) in [4.78, 5) is 12.6. The van der Waals surface area contributed by atoms with Gasteiger partial charge in [-0.2, -0.15) is 0 Å². The molecule has 2 aromatic heterocycles. The molecule has 2 heterocycles. The van der Waals surface area contributed by atoms with Crippen LogP contribution in [0.3, 0.4) is 0 Å². The Labute approximate surface area is 130 Å². The van der Waals surface area contributed by atoms with E-state index in [9.17, 15) is 4.79 Å². The summed E-state index contributed by atoms with van der Waals surface area (Å²) in [5.74, 6) is 0.780. The molecule has 1 amide bonds. The second-order valence-corrected chi connectivity index (χ2v) is 6.68. The molecule has 0 saturated heterocycles. The maximum absolute atomic E-state index is 11.9. The van der Waals surface area contributed by atoms with Crippen molar-refractivity contribution in [1.29, 1.82) is 0 Å². The number of aryl methyl sites for hydroxylation is 1. The lowest BCUT2D eigenvalue weighted by molar-refractivity contribution is 0.0920. The molecular formula is C14H16BrNO3S. The number of furan rings is 1. The van der Waals surface area contributed by atoms with Crippen molar-refractivity contribution in [2.45, 2.75) is 20.0 Å². The maximum Gasteiger partial charge on any atom is 0.261 e. The van der Waals surface area contributed by atoms with E-state index in [0.717, 1.165) is 26.4 Å². The van der Waals surface area contributed by atoms with E-state index >= 15 is 0 Å². The van der Waals surface area contributed by atoms with Crippen molar-refractivity contribution in [2.75, 3.05) is 13.2 Å². The molecule has 20 heavy (non-hydrogen) atoms. The molecule has 1 N–H and O–H groups in total. The first kappa shape index (κ1) is 15.3. The summed E-state index contributed by atoms with van der Waals surface area (Å²) < 4.78 is 11.6. The Morgan fingerprint density at radius 2 is 2.40 bits per heavy atom. The van der Waals surface area contributed by atoms with Gasteiger partial charge in [-0.3, -0.25) is 4.79 Å². The van der Waals surface area contributed by atoms with Gasteiger partial charge in [-0.05, 0) is 53.0 Å². The first-order chi connectivity index (χ1) is 9.66. The Kier molecular flexibility index (Phi) is 5.82. The average Bonchev–Trinajstić information content (AvgIpc) is 3.04. The van der Waals surface area contributed by atoms with Crippen LogP contribution in [0.25, 0.3) is 0 Å². The Balaban J connectivity index is 1.60. The molecule has 6 heteroatoms. The van der Waals surface area contributed by atoms with Gasteiger partial charge in [-0.15, -0.1) is 11.3 Å². The number of amides is 1. The van der Waals surface area contributed by atoms with Gasteiger partial charge >= 0.3 is 0 Å². The molecule has 0 aromatic carbocycles. The lowest BCUT2D eigenvalue weighted by Crippen LogP contribution is -2.24. The van der Waals surface area contributed by atoms with Gasteiger partial charge in [-0.25, -0.2) is 0 Å². The summed E-state index contributed by atoms with van der Waals surface area (Å²) in [6, 6.07) is 5.59. The molecule has 0 atom stereocenters. The predicted molar refractivity (Wildman–Crippen MR) is 82.1 cm³/mol. The van der Waals surface area contributed by atoms with E-state index in [-0.39, 0.29) is 5.91 Å². The standard InChI is InChI=1S/C14H16BrNO3S/c1-10-8-12(20-13(10)15)14(17)16-5-3-6-18-9-11-4-2-7-19-11/h2,4,7-8H,3,5-6,9H2,1H3,(H,16,17). The van der Waals surface area contributed by atoms with Crippen molar-refractivity contribution >= 4 is 33.2 Å². The van der Waals surface area contributed by atoms with E-state index in [1.807, 2.05) is 25.1 Å². The highest BCUT2D eigenvalue weighted by Crippen LogP contribution is 2.27. The van der Waals surface area contributed by atoms with Crippen LogP contribution in [-0.2, 0) is 11.3 Å². The van der Waals surface area contributed by atoms with Crippen molar-refractivity contribution in [2.24, 2.45) is 0 Å². The van der Waals surface area contributed by atoms with Crippen LogP contribution in [0.15, 0.2) is 32.7 Å². The minimum Gasteiger partial charge on any atom is -0.467 e. The summed E-state index contributed by atoms with van der Waals surface area (Å²) in [6.07, 6.45) is 2.40. The second-order valence-electron chi connectivity index (χ2n) is 4.31. The highest BCUT2D eigenvalue weighted by atomic mass is 79.9. The van der Waals surface area contributed by atoms with Crippen molar-refractivity contribution < 1.29 is 13.9 Å². The van der Waals surface area contributed by atoms with Gasteiger partial charge in [0.1, 0.15) is 12.4 Å². The Morgan fingerprint density at radius 3 is 3.05 bits per heavy atom. The van der Waals surface area contributed by atoms with Crippen LogP contribution in [0.1, 0.15) is 27.4 Å². The number of carbonyl (C=O) groups is 1. The summed E-state index contributed by atoms with van der Waals surface area (Å²) in [5.41, 5.74) is 1.09. The Hall–Kier alpha value is -1.11. The Bertz CT molecular complexity index is 531. The number of rotatable bonds is 7. The van der Waals surface area contributed by atoms with Gasteiger partial charge in [0, 0.05) is 13.2 Å². The van der Waals surface area contributed by atoms with Gasteiger partial charge in [0.05, 0.1) is 14.9 Å². The summed E-state index contributed by atoms with van der Waals surface area (Å²) in [7, 11) is 0. The van der Waals surface area contributed by atoms with Gasteiger partial charge in [-0.1, -0.05) is 0 Å². The van der Waals surface area contributed by atoms with Crippen molar-refractivity contribution in [3.63, 3.8) is 0 Å². The number of ether oxygens (including phenoxy) is 1. The van der Waals surface area contributed by atoms with E-state index in [1.54, 1.807) is 6.26 Å². The topological polar surface area (TPSA) is 51.5 Å². The van der Waals surface area contributed by atoms with Crippen molar-refractivity contribution in [1.82, 2.24) is 5.32 Å². The molecule has 0 radical (unpaired) electrons. The fraction of sp³-hybridized carbons (Fsp3) is 0.357. The molecule has 0 aliphatic heterocycles. The zero-order valence-electron chi connectivity index (χ0n) is 11.1. The van der Waals surface area contributed by atoms with Gasteiger partial charge in [0.2, 0.25) is 0 Å². The van der Waals surface area contributed by atoms with E-state index in [4.69, 9.17) is 9.15 Å². The largest absolute Gasteiger partial charge is 0.467 e. The van der Waals surface area contributed by atoms with Crippen LogP contribution < -0.4 is 5.32 Å². The highest BCUT2D eigenvalue weighted by Gasteiger charge is 2.10. The van der Waals surface area contributed by atoms with Gasteiger partial charge < -0.3 is 14.5 Å².